The number of halogens is 4. The standard InChI is InChI=1S/C19H8Cl4N2O3/c20-9-1-7-3-11(18(27)24-15(7)13(22)5-9)17(26)12-4-8-2-10(21)6-14(23)16(8)25-19(12)28/h1-6H,(H,24,27)(H,25,28). The van der Waals surface area contributed by atoms with Crippen LogP contribution in [0, 0.1) is 0 Å². The second-order valence-electron chi connectivity index (χ2n) is 6.06. The Morgan fingerprint density at radius 3 is 1.43 bits per heavy atom. The maximum absolute atomic E-state index is 12.9. The Kier molecular flexibility index (Phi) is 4.71. The smallest absolute Gasteiger partial charge is 0.259 e. The number of carbonyl (C=O) groups is 1. The van der Waals surface area contributed by atoms with Gasteiger partial charge in [0.15, 0.2) is 0 Å². The Balaban J connectivity index is 1.95. The van der Waals surface area contributed by atoms with Gasteiger partial charge >= 0.3 is 0 Å². The highest BCUT2D eigenvalue weighted by Crippen LogP contribution is 2.28. The van der Waals surface area contributed by atoms with Crippen molar-refractivity contribution in [2.45, 2.75) is 0 Å². The van der Waals surface area contributed by atoms with Crippen LogP contribution in [-0.4, -0.2) is 15.8 Å². The van der Waals surface area contributed by atoms with Crippen LogP contribution in [0.15, 0.2) is 46.0 Å². The van der Waals surface area contributed by atoms with E-state index in [1.165, 1.54) is 24.3 Å². The summed E-state index contributed by atoms with van der Waals surface area (Å²) >= 11 is 24.2. The zero-order chi connectivity index (χ0) is 20.2. The summed E-state index contributed by atoms with van der Waals surface area (Å²) in [6.07, 6.45) is 0. The lowest BCUT2D eigenvalue weighted by Crippen LogP contribution is -2.24. The first kappa shape index (κ1) is 19.0. The first-order chi connectivity index (χ1) is 13.2. The molecule has 0 radical (unpaired) electrons. The fourth-order valence-corrected chi connectivity index (χ4v) is 4.08. The van der Waals surface area contributed by atoms with E-state index >= 15 is 0 Å². The van der Waals surface area contributed by atoms with Gasteiger partial charge in [-0.3, -0.25) is 14.4 Å². The summed E-state index contributed by atoms with van der Waals surface area (Å²) < 4.78 is 0. The summed E-state index contributed by atoms with van der Waals surface area (Å²) in [4.78, 5) is 43.0. The molecule has 5 nitrogen and oxygen atoms in total. The normalized spacial score (nSPS) is 11.3. The second-order valence-corrected chi connectivity index (χ2v) is 7.74. The van der Waals surface area contributed by atoms with Crippen molar-refractivity contribution in [2.24, 2.45) is 0 Å². The van der Waals surface area contributed by atoms with E-state index < -0.39 is 16.9 Å². The zero-order valence-electron chi connectivity index (χ0n) is 13.7. The van der Waals surface area contributed by atoms with Crippen molar-refractivity contribution in [1.82, 2.24) is 9.97 Å². The number of rotatable bonds is 2. The van der Waals surface area contributed by atoms with Crippen molar-refractivity contribution in [3.05, 3.63) is 88.3 Å². The van der Waals surface area contributed by atoms with Gasteiger partial charge in [-0.25, -0.2) is 0 Å². The van der Waals surface area contributed by atoms with Gasteiger partial charge in [0.1, 0.15) is 0 Å². The van der Waals surface area contributed by atoms with Gasteiger partial charge in [-0.05, 0) is 36.4 Å². The highest BCUT2D eigenvalue weighted by atomic mass is 35.5. The highest BCUT2D eigenvalue weighted by Gasteiger charge is 2.19. The Bertz CT molecular complexity index is 1320. The van der Waals surface area contributed by atoms with E-state index in [-0.39, 0.29) is 21.2 Å². The minimum Gasteiger partial charge on any atom is -0.320 e. The molecule has 0 fully saturated rings. The van der Waals surface area contributed by atoms with Gasteiger partial charge in [-0.15, -0.1) is 0 Å². The number of aromatic amines is 2. The van der Waals surface area contributed by atoms with Crippen LogP contribution >= 0.6 is 46.4 Å². The number of benzene rings is 2. The number of hydrogen-bond acceptors (Lipinski definition) is 3. The molecule has 4 rings (SSSR count). The molecule has 0 aliphatic carbocycles. The van der Waals surface area contributed by atoms with Crippen LogP contribution in [0.1, 0.15) is 15.9 Å². The number of nitrogens with one attached hydrogen (secondary N) is 2. The number of pyridine rings is 2. The molecule has 0 atom stereocenters. The third-order valence-corrected chi connectivity index (χ3v) is 5.26. The van der Waals surface area contributed by atoms with Gasteiger partial charge in [0.2, 0.25) is 5.78 Å². The molecule has 0 spiro atoms. The summed E-state index contributed by atoms with van der Waals surface area (Å²) in [5, 5.41) is 2.09. The number of carbonyl (C=O) groups excluding carboxylic acids is 1. The monoisotopic (exact) mass is 452 g/mol. The van der Waals surface area contributed by atoms with Crippen molar-refractivity contribution in [1.29, 1.82) is 0 Å². The third kappa shape index (κ3) is 3.20. The van der Waals surface area contributed by atoms with E-state index in [1.807, 2.05) is 0 Å². The van der Waals surface area contributed by atoms with Crippen LogP contribution in [0.5, 0.6) is 0 Å². The average Bonchev–Trinajstić information content (AvgIpc) is 2.61. The van der Waals surface area contributed by atoms with Crippen LogP contribution in [0.2, 0.25) is 20.1 Å². The van der Waals surface area contributed by atoms with E-state index in [1.54, 1.807) is 12.1 Å². The van der Waals surface area contributed by atoms with Gasteiger partial charge in [0.05, 0.1) is 32.2 Å². The van der Waals surface area contributed by atoms with Crippen LogP contribution in [-0.2, 0) is 0 Å². The number of hydrogen-bond donors (Lipinski definition) is 2. The summed E-state index contributed by atoms with van der Waals surface area (Å²) in [5.41, 5.74) is -1.10. The third-order valence-electron chi connectivity index (χ3n) is 4.23. The van der Waals surface area contributed by atoms with Crippen molar-refractivity contribution in [2.75, 3.05) is 0 Å². The van der Waals surface area contributed by atoms with Crippen LogP contribution in [0.4, 0.5) is 0 Å². The SMILES string of the molecule is O=C(c1cc2cc(Cl)cc(Cl)c2[nH]c1=O)c1cc2cc(Cl)cc(Cl)c2[nH]c1=O. The average molecular weight is 454 g/mol. The van der Waals surface area contributed by atoms with E-state index in [9.17, 15) is 14.4 Å². The van der Waals surface area contributed by atoms with E-state index in [0.29, 0.717) is 31.9 Å². The molecule has 2 aromatic heterocycles. The molecular formula is C19H8Cl4N2O3. The fourth-order valence-electron chi connectivity index (χ4n) is 2.96. The minimum absolute atomic E-state index is 0.219. The molecule has 0 amide bonds. The van der Waals surface area contributed by atoms with Gasteiger partial charge < -0.3 is 9.97 Å². The molecule has 140 valence electrons. The molecular weight excluding hydrogens is 446 g/mol. The molecule has 28 heavy (non-hydrogen) atoms. The van der Waals surface area contributed by atoms with Crippen molar-refractivity contribution < 1.29 is 4.79 Å². The summed E-state index contributed by atoms with van der Waals surface area (Å²) in [6, 6.07) is 8.76. The molecule has 9 heteroatoms. The molecule has 0 saturated carbocycles. The predicted octanol–water partition coefficient (Wildman–Crippen LogP) is 5.21. The molecule has 0 aliphatic heterocycles. The van der Waals surface area contributed by atoms with E-state index in [0.717, 1.165) is 0 Å². The molecule has 0 bridgehead atoms. The Morgan fingerprint density at radius 1 is 0.643 bits per heavy atom. The highest BCUT2D eigenvalue weighted by molar-refractivity contribution is 6.39. The van der Waals surface area contributed by atoms with Gasteiger partial charge in [0.25, 0.3) is 11.1 Å². The maximum Gasteiger partial charge on any atom is 0.259 e. The molecule has 0 aliphatic rings. The summed E-state index contributed by atoms with van der Waals surface area (Å²) in [5.74, 6) is -0.751. The Morgan fingerprint density at radius 2 is 1.04 bits per heavy atom. The summed E-state index contributed by atoms with van der Waals surface area (Å²) in [6.45, 7) is 0. The van der Waals surface area contributed by atoms with Crippen LogP contribution in [0.3, 0.4) is 0 Å². The van der Waals surface area contributed by atoms with E-state index in [4.69, 9.17) is 46.4 Å². The number of ketones is 1. The number of fused-ring (bicyclic) bond motifs is 2. The molecule has 4 aromatic rings. The molecule has 2 heterocycles. The van der Waals surface area contributed by atoms with Crippen molar-refractivity contribution in [3.8, 4) is 0 Å². The number of H-pyrrole nitrogens is 2. The van der Waals surface area contributed by atoms with Crippen molar-refractivity contribution in [3.63, 3.8) is 0 Å². The summed E-state index contributed by atoms with van der Waals surface area (Å²) in [7, 11) is 0. The lowest BCUT2D eigenvalue weighted by Gasteiger charge is -2.07. The molecule has 0 unspecified atom stereocenters. The lowest BCUT2D eigenvalue weighted by atomic mass is 10.0. The van der Waals surface area contributed by atoms with Gasteiger partial charge in [-0.1, -0.05) is 46.4 Å². The van der Waals surface area contributed by atoms with Crippen LogP contribution in [0.25, 0.3) is 21.8 Å². The predicted molar refractivity (Wildman–Crippen MR) is 113 cm³/mol. The zero-order valence-corrected chi connectivity index (χ0v) is 16.7. The Labute approximate surface area is 176 Å². The number of aromatic nitrogens is 2. The topological polar surface area (TPSA) is 82.8 Å². The van der Waals surface area contributed by atoms with Crippen LogP contribution < -0.4 is 11.1 Å². The fraction of sp³-hybridized carbons (Fsp3) is 0. The largest absolute Gasteiger partial charge is 0.320 e. The molecule has 2 aromatic carbocycles. The van der Waals surface area contributed by atoms with Gasteiger partial charge in [0, 0.05) is 20.8 Å². The lowest BCUT2D eigenvalue weighted by molar-refractivity contribution is 0.103. The first-order valence-corrected chi connectivity index (χ1v) is 9.34. The quantitative estimate of drug-likeness (QED) is 0.408. The van der Waals surface area contributed by atoms with Gasteiger partial charge in [-0.2, -0.15) is 0 Å². The minimum atomic E-state index is -0.751. The first-order valence-electron chi connectivity index (χ1n) is 7.83. The Hall–Kier alpha value is -2.31. The molecule has 2 N–H and O–H groups in total. The van der Waals surface area contributed by atoms with Crippen molar-refractivity contribution >= 4 is 74.0 Å². The maximum atomic E-state index is 12.9. The second kappa shape index (κ2) is 6.94. The molecule has 0 saturated heterocycles. The van der Waals surface area contributed by atoms with E-state index in [2.05, 4.69) is 9.97 Å².